The molecule has 0 aliphatic heterocycles. The summed E-state index contributed by atoms with van der Waals surface area (Å²) >= 11 is 0. The molecule has 13 heteroatoms. The summed E-state index contributed by atoms with van der Waals surface area (Å²) in [6.07, 6.45) is 4.04. The molecule has 2 aromatic carbocycles. The summed E-state index contributed by atoms with van der Waals surface area (Å²) in [7, 11) is -2.16. The molecule has 11 nitrogen and oxygen atoms in total. The predicted molar refractivity (Wildman–Crippen MR) is 155 cm³/mol. The van der Waals surface area contributed by atoms with Crippen LogP contribution in [0.2, 0.25) is 0 Å². The smallest absolute Gasteiger partial charge is 0.410 e. The maximum atomic E-state index is 14.9. The SMILES string of the molecule is CN(CCCn1cnc2ccc(Oc3c(F)ccc(NS(=O)(=O)C4CCCC4)c3C#N)cc2c1=O)C(=O)OC(C)(C)C. The Bertz CT molecular complexity index is 1690. The van der Waals surface area contributed by atoms with Crippen LogP contribution in [0.25, 0.3) is 10.9 Å². The van der Waals surface area contributed by atoms with Gasteiger partial charge in [-0.3, -0.25) is 14.1 Å². The average molecular weight is 600 g/mol. The van der Waals surface area contributed by atoms with Crippen molar-refractivity contribution in [1.82, 2.24) is 14.5 Å². The van der Waals surface area contributed by atoms with Crippen molar-refractivity contribution in [2.75, 3.05) is 18.3 Å². The van der Waals surface area contributed by atoms with Gasteiger partial charge in [-0.1, -0.05) is 12.8 Å². The van der Waals surface area contributed by atoms with Crippen LogP contribution >= 0.6 is 0 Å². The van der Waals surface area contributed by atoms with E-state index in [1.54, 1.807) is 27.8 Å². The molecule has 1 heterocycles. The van der Waals surface area contributed by atoms with Gasteiger partial charge in [0.05, 0.1) is 28.2 Å². The van der Waals surface area contributed by atoms with E-state index in [1.807, 2.05) is 6.07 Å². The van der Waals surface area contributed by atoms with Crippen molar-refractivity contribution >= 4 is 32.7 Å². The Balaban J connectivity index is 1.54. The lowest BCUT2D eigenvalue weighted by Gasteiger charge is -2.24. The molecule has 0 spiro atoms. The number of benzene rings is 2. The largest absolute Gasteiger partial charge is 0.453 e. The topological polar surface area (TPSA) is 144 Å². The number of hydrogen-bond acceptors (Lipinski definition) is 8. The van der Waals surface area contributed by atoms with Crippen LogP contribution in [0.15, 0.2) is 41.5 Å². The lowest BCUT2D eigenvalue weighted by molar-refractivity contribution is 0.0295. The maximum absolute atomic E-state index is 14.9. The Morgan fingerprint density at radius 2 is 1.95 bits per heavy atom. The highest BCUT2D eigenvalue weighted by atomic mass is 32.2. The molecule has 1 N–H and O–H groups in total. The van der Waals surface area contributed by atoms with Crippen molar-refractivity contribution in [3.63, 3.8) is 0 Å². The molecule has 1 aliphatic rings. The lowest BCUT2D eigenvalue weighted by Crippen LogP contribution is -2.35. The molecule has 224 valence electrons. The number of halogens is 1. The van der Waals surface area contributed by atoms with E-state index in [-0.39, 0.29) is 34.5 Å². The number of ether oxygens (including phenoxy) is 2. The fourth-order valence-electron chi connectivity index (χ4n) is 4.68. The third-order valence-corrected chi connectivity index (χ3v) is 8.68. The minimum atomic E-state index is -3.77. The molecule has 0 unspecified atom stereocenters. The molecule has 1 saturated carbocycles. The van der Waals surface area contributed by atoms with Crippen molar-refractivity contribution in [2.45, 2.75) is 70.3 Å². The zero-order valence-corrected chi connectivity index (χ0v) is 24.8. The summed E-state index contributed by atoms with van der Waals surface area (Å²) in [4.78, 5) is 31.1. The average Bonchev–Trinajstić information content (AvgIpc) is 3.47. The van der Waals surface area contributed by atoms with Crippen LogP contribution in [-0.2, 0) is 21.3 Å². The number of anilines is 1. The Labute approximate surface area is 243 Å². The summed E-state index contributed by atoms with van der Waals surface area (Å²) in [5, 5.41) is 9.42. The van der Waals surface area contributed by atoms with E-state index >= 15 is 0 Å². The number of fused-ring (bicyclic) bond motifs is 1. The number of nitriles is 1. The van der Waals surface area contributed by atoms with Gasteiger partial charge in [0.15, 0.2) is 11.6 Å². The second kappa shape index (κ2) is 12.4. The molecule has 0 radical (unpaired) electrons. The van der Waals surface area contributed by atoms with Crippen LogP contribution in [0.5, 0.6) is 11.5 Å². The molecule has 0 bridgehead atoms. The summed E-state index contributed by atoms with van der Waals surface area (Å²) in [5.41, 5.74) is -0.999. The van der Waals surface area contributed by atoms with Gasteiger partial charge in [-0.2, -0.15) is 5.26 Å². The number of hydrogen-bond donors (Lipinski definition) is 1. The van der Waals surface area contributed by atoms with Crippen molar-refractivity contribution in [3.8, 4) is 17.6 Å². The van der Waals surface area contributed by atoms with E-state index in [0.717, 1.165) is 18.9 Å². The lowest BCUT2D eigenvalue weighted by atomic mass is 10.1. The highest BCUT2D eigenvalue weighted by Crippen LogP contribution is 2.35. The minimum Gasteiger partial charge on any atom is -0.453 e. The number of sulfonamides is 1. The molecule has 1 aromatic heterocycles. The second-order valence-corrected chi connectivity index (χ2v) is 13.2. The highest BCUT2D eigenvalue weighted by Gasteiger charge is 2.30. The van der Waals surface area contributed by atoms with E-state index in [2.05, 4.69) is 9.71 Å². The Morgan fingerprint density at radius 1 is 1.24 bits per heavy atom. The van der Waals surface area contributed by atoms with Gasteiger partial charge in [-0.15, -0.1) is 0 Å². The molecule has 1 amide bonds. The number of nitrogens with zero attached hydrogens (tertiary/aromatic N) is 4. The van der Waals surface area contributed by atoms with Crippen LogP contribution in [0.4, 0.5) is 14.9 Å². The van der Waals surface area contributed by atoms with Crippen LogP contribution in [0.3, 0.4) is 0 Å². The van der Waals surface area contributed by atoms with E-state index < -0.39 is 38.5 Å². The van der Waals surface area contributed by atoms with Crippen molar-refractivity contribution in [2.24, 2.45) is 0 Å². The number of aromatic nitrogens is 2. The Morgan fingerprint density at radius 3 is 2.62 bits per heavy atom. The van der Waals surface area contributed by atoms with E-state index in [9.17, 15) is 27.7 Å². The summed E-state index contributed by atoms with van der Waals surface area (Å²) in [5.74, 6) is -1.26. The number of rotatable bonds is 9. The van der Waals surface area contributed by atoms with Gasteiger partial charge in [0, 0.05) is 20.1 Å². The molecule has 1 aliphatic carbocycles. The number of amides is 1. The van der Waals surface area contributed by atoms with E-state index in [4.69, 9.17) is 9.47 Å². The van der Waals surface area contributed by atoms with E-state index in [1.165, 1.54) is 40.1 Å². The Hall–Kier alpha value is -4.18. The first-order valence-corrected chi connectivity index (χ1v) is 15.2. The molecule has 1 fully saturated rings. The van der Waals surface area contributed by atoms with Gasteiger partial charge in [-0.25, -0.2) is 22.6 Å². The molecule has 42 heavy (non-hydrogen) atoms. The first-order chi connectivity index (χ1) is 19.8. The second-order valence-electron chi connectivity index (χ2n) is 11.2. The fraction of sp³-hybridized carbons (Fsp3) is 0.448. The summed E-state index contributed by atoms with van der Waals surface area (Å²) in [6.45, 7) is 5.96. The highest BCUT2D eigenvalue weighted by molar-refractivity contribution is 7.93. The maximum Gasteiger partial charge on any atom is 0.410 e. The number of carbonyl (C=O) groups excluding carboxylic acids is 1. The van der Waals surface area contributed by atoms with Gasteiger partial charge in [-0.05, 0) is 70.4 Å². The van der Waals surface area contributed by atoms with E-state index in [0.29, 0.717) is 31.3 Å². The summed E-state index contributed by atoms with van der Waals surface area (Å²) in [6, 6.07) is 8.45. The number of aryl methyl sites for hydroxylation is 1. The van der Waals surface area contributed by atoms with Crippen LogP contribution in [0, 0.1) is 17.1 Å². The predicted octanol–water partition coefficient (Wildman–Crippen LogP) is 5.14. The monoisotopic (exact) mass is 599 g/mol. The van der Waals surface area contributed by atoms with Gasteiger partial charge in [0.25, 0.3) is 5.56 Å². The van der Waals surface area contributed by atoms with Gasteiger partial charge >= 0.3 is 6.09 Å². The third-order valence-electron chi connectivity index (χ3n) is 6.83. The molecular weight excluding hydrogens is 565 g/mol. The molecule has 3 aromatic rings. The zero-order chi connectivity index (χ0) is 30.7. The zero-order valence-electron chi connectivity index (χ0n) is 24.0. The molecule has 0 atom stereocenters. The van der Waals surface area contributed by atoms with Crippen LogP contribution < -0.4 is 15.0 Å². The molecule has 0 saturated heterocycles. The van der Waals surface area contributed by atoms with Crippen molar-refractivity contribution in [1.29, 1.82) is 5.26 Å². The Kier molecular flexibility index (Phi) is 9.06. The number of carbonyl (C=O) groups is 1. The fourth-order valence-corrected chi connectivity index (χ4v) is 6.27. The normalized spacial score (nSPS) is 14.0. The van der Waals surface area contributed by atoms with Crippen molar-refractivity contribution < 1.29 is 27.1 Å². The quantitative estimate of drug-likeness (QED) is 0.356. The number of nitrogens with one attached hydrogen (secondary N) is 1. The van der Waals surface area contributed by atoms with Gasteiger partial charge in [0.2, 0.25) is 10.0 Å². The van der Waals surface area contributed by atoms with Gasteiger partial charge < -0.3 is 14.4 Å². The van der Waals surface area contributed by atoms with Crippen LogP contribution in [0.1, 0.15) is 58.4 Å². The minimum absolute atomic E-state index is 0.0648. The summed E-state index contributed by atoms with van der Waals surface area (Å²) < 4.78 is 55.4. The van der Waals surface area contributed by atoms with Crippen LogP contribution in [-0.4, -0.2) is 53.4 Å². The first-order valence-electron chi connectivity index (χ1n) is 13.6. The van der Waals surface area contributed by atoms with Gasteiger partial charge in [0.1, 0.15) is 23.0 Å². The third kappa shape index (κ3) is 7.17. The first kappa shape index (κ1) is 30.8. The molecular formula is C29H34FN5O6S. The van der Waals surface area contributed by atoms with Crippen molar-refractivity contribution in [3.05, 3.63) is 58.4 Å². The standard InChI is InChI=1S/C29H34FN5O6S/c1-29(2,3)41-28(37)34(4)14-7-15-35-18-32-24-12-10-19(16-21(24)27(35)36)40-26-22(17-31)25(13-11-23(26)30)33-42(38,39)20-8-5-6-9-20/h10-13,16,18,20,33H,5-9,14-15H2,1-4H3. The molecule has 4 rings (SSSR count).